The number of hydrogen-bond donors (Lipinski definition) is 0. The number of rotatable bonds is 2. The molecule has 0 radical (unpaired) electrons. The fourth-order valence-electron chi connectivity index (χ4n) is 1.18. The first-order valence-corrected chi connectivity index (χ1v) is 4.25. The number of carbonyl (C=O) groups excluding carboxylic acids is 1. The Labute approximate surface area is 81.2 Å². The van der Waals surface area contributed by atoms with E-state index in [0.29, 0.717) is 5.56 Å². The van der Waals surface area contributed by atoms with Gasteiger partial charge >= 0.3 is 0 Å². The average molecular weight is 187 g/mol. The van der Waals surface area contributed by atoms with Crippen molar-refractivity contribution in [1.82, 2.24) is 15.0 Å². The topological polar surface area (TPSA) is 47.8 Å². The quantitative estimate of drug-likeness (QED) is 0.669. The number of ketones is 1. The van der Waals surface area contributed by atoms with Gasteiger partial charge in [0.15, 0.2) is 5.78 Å². The molecule has 0 atom stereocenters. The van der Waals surface area contributed by atoms with E-state index >= 15 is 0 Å². The summed E-state index contributed by atoms with van der Waals surface area (Å²) >= 11 is 0. The molecule has 0 aliphatic rings. The maximum absolute atomic E-state index is 11.0. The van der Waals surface area contributed by atoms with Crippen molar-refractivity contribution in [3.63, 3.8) is 0 Å². The van der Waals surface area contributed by atoms with E-state index in [0.717, 1.165) is 5.69 Å². The molecule has 4 nitrogen and oxygen atoms in total. The van der Waals surface area contributed by atoms with Crippen LogP contribution in [0.15, 0.2) is 36.7 Å². The molecule has 0 saturated carbocycles. The molecule has 14 heavy (non-hydrogen) atoms. The van der Waals surface area contributed by atoms with Gasteiger partial charge in [0.05, 0.1) is 18.1 Å². The summed E-state index contributed by atoms with van der Waals surface area (Å²) in [7, 11) is 0. The molecular formula is C10H9N3O. The van der Waals surface area contributed by atoms with Gasteiger partial charge in [-0.1, -0.05) is 0 Å². The summed E-state index contributed by atoms with van der Waals surface area (Å²) in [5.74, 6) is 0.0602. The van der Waals surface area contributed by atoms with Gasteiger partial charge in [0, 0.05) is 5.56 Å². The highest BCUT2D eigenvalue weighted by atomic mass is 16.1. The normalized spacial score (nSPS) is 10.1. The van der Waals surface area contributed by atoms with Gasteiger partial charge in [0.25, 0.3) is 0 Å². The Morgan fingerprint density at radius 1 is 1.14 bits per heavy atom. The molecular weight excluding hydrogens is 178 g/mol. The van der Waals surface area contributed by atoms with Crippen molar-refractivity contribution in [2.75, 3.05) is 0 Å². The lowest BCUT2D eigenvalue weighted by Crippen LogP contribution is -1.99. The number of benzene rings is 1. The molecule has 0 fully saturated rings. The molecule has 0 aliphatic carbocycles. The highest BCUT2D eigenvalue weighted by Gasteiger charge is 2.00. The largest absolute Gasteiger partial charge is 0.295 e. The Bertz CT molecular complexity index is 431. The molecule has 0 unspecified atom stereocenters. The molecule has 4 heteroatoms. The van der Waals surface area contributed by atoms with Crippen LogP contribution >= 0.6 is 0 Å². The minimum Gasteiger partial charge on any atom is -0.295 e. The van der Waals surface area contributed by atoms with Crippen LogP contribution in [0.2, 0.25) is 0 Å². The lowest BCUT2D eigenvalue weighted by atomic mass is 10.1. The first-order valence-electron chi connectivity index (χ1n) is 4.25. The maximum Gasteiger partial charge on any atom is 0.159 e. The van der Waals surface area contributed by atoms with Crippen molar-refractivity contribution >= 4 is 5.78 Å². The zero-order chi connectivity index (χ0) is 9.97. The van der Waals surface area contributed by atoms with E-state index in [1.807, 2.05) is 12.1 Å². The van der Waals surface area contributed by atoms with Crippen LogP contribution in [0.4, 0.5) is 0 Å². The molecule has 1 aromatic carbocycles. The van der Waals surface area contributed by atoms with Gasteiger partial charge in [0.2, 0.25) is 0 Å². The molecule has 2 rings (SSSR count). The predicted octanol–water partition coefficient (Wildman–Crippen LogP) is 1.47. The minimum atomic E-state index is 0.0602. The molecule has 0 amide bonds. The second kappa shape index (κ2) is 3.41. The summed E-state index contributed by atoms with van der Waals surface area (Å²) in [4.78, 5) is 12.5. The zero-order valence-corrected chi connectivity index (χ0v) is 7.71. The third-order valence-electron chi connectivity index (χ3n) is 1.92. The van der Waals surface area contributed by atoms with Crippen LogP contribution in [0.25, 0.3) is 5.69 Å². The number of aromatic nitrogens is 3. The summed E-state index contributed by atoms with van der Waals surface area (Å²) in [5.41, 5.74) is 1.54. The summed E-state index contributed by atoms with van der Waals surface area (Å²) < 4.78 is 0. The van der Waals surface area contributed by atoms with E-state index < -0.39 is 0 Å². The summed E-state index contributed by atoms with van der Waals surface area (Å²) in [6.07, 6.45) is 3.22. The van der Waals surface area contributed by atoms with E-state index in [-0.39, 0.29) is 5.78 Å². The third-order valence-corrected chi connectivity index (χ3v) is 1.92. The Morgan fingerprint density at radius 2 is 1.71 bits per heavy atom. The number of carbonyl (C=O) groups is 1. The third kappa shape index (κ3) is 1.54. The van der Waals surface area contributed by atoms with Gasteiger partial charge in [0.1, 0.15) is 0 Å². The average Bonchev–Trinajstić information content (AvgIpc) is 2.71. The summed E-state index contributed by atoms with van der Waals surface area (Å²) in [6, 6.07) is 7.16. The van der Waals surface area contributed by atoms with E-state index in [1.165, 1.54) is 4.80 Å². The van der Waals surface area contributed by atoms with Gasteiger partial charge in [-0.3, -0.25) is 4.79 Å². The summed E-state index contributed by atoms with van der Waals surface area (Å²) in [5, 5.41) is 7.96. The van der Waals surface area contributed by atoms with E-state index in [4.69, 9.17) is 0 Å². The van der Waals surface area contributed by atoms with Crippen LogP contribution in [-0.2, 0) is 0 Å². The second-order valence-corrected chi connectivity index (χ2v) is 2.92. The molecule has 2 aromatic rings. The molecule has 1 heterocycles. The van der Waals surface area contributed by atoms with Crippen molar-refractivity contribution in [2.24, 2.45) is 0 Å². The second-order valence-electron chi connectivity index (χ2n) is 2.92. The Kier molecular flexibility index (Phi) is 2.10. The van der Waals surface area contributed by atoms with Crippen LogP contribution in [-0.4, -0.2) is 20.8 Å². The lowest BCUT2D eigenvalue weighted by Gasteiger charge is -1.99. The minimum absolute atomic E-state index is 0.0602. The molecule has 70 valence electrons. The zero-order valence-electron chi connectivity index (χ0n) is 7.71. The van der Waals surface area contributed by atoms with E-state index in [9.17, 15) is 4.79 Å². The van der Waals surface area contributed by atoms with Crippen LogP contribution in [0.3, 0.4) is 0 Å². The standard InChI is InChI=1S/C10H9N3O/c1-8(14)9-2-4-10(5-3-9)13-11-6-7-12-13/h2-7H,1H3. The monoisotopic (exact) mass is 187 g/mol. The van der Waals surface area contributed by atoms with Gasteiger partial charge in [-0.15, -0.1) is 0 Å². The molecule has 0 saturated heterocycles. The molecule has 0 spiro atoms. The summed E-state index contributed by atoms with van der Waals surface area (Å²) in [6.45, 7) is 1.54. The maximum atomic E-state index is 11.0. The molecule has 1 aromatic heterocycles. The van der Waals surface area contributed by atoms with E-state index in [2.05, 4.69) is 10.2 Å². The highest BCUT2D eigenvalue weighted by Crippen LogP contribution is 2.07. The van der Waals surface area contributed by atoms with Gasteiger partial charge < -0.3 is 0 Å². The van der Waals surface area contributed by atoms with Crippen LogP contribution in [0, 0.1) is 0 Å². The predicted molar refractivity (Wildman–Crippen MR) is 51.4 cm³/mol. The molecule has 0 bridgehead atoms. The van der Waals surface area contributed by atoms with Crippen LogP contribution in [0.5, 0.6) is 0 Å². The Hall–Kier alpha value is -1.97. The fourth-order valence-corrected chi connectivity index (χ4v) is 1.18. The fraction of sp³-hybridized carbons (Fsp3) is 0.100. The van der Waals surface area contributed by atoms with Gasteiger partial charge in [-0.05, 0) is 31.2 Å². The SMILES string of the molecule is CC(=O)c1ccc(-n2nccn2)cc1. The van der Waals surface area contributed by atoms with Crippen molar-refractivity contribution < 1.29 is 4.79 Å². The van der Waals surface area contributed by atoms with Crippen molar-refractivity contribution in [2.45, 2.75) is 6.92 Å². The van der Waals surface area contributed by atoms with Gasteiger partial charge in [-0.25, -0.2) is 0 Å². The van der Waals surface area contributed by atoms with Gasteiger partial charge in [-0.2, -0.15) is 15.0 Å². The van der Waals surface area contributed by atoms with Crippen molar-refractivity contribution in [1.29, 1.82) is 0 Å². The highest BCUT2D eigenvalue weighted by molar-refractivity contribution is 5.94. The van der Waals surface area contributed by atoms with Crippen LogP contribution in [0.1, 0.15) is 17.3 Å². The molecule has 0 N–H and O–H groups in total. The lowest BCUT2D eigenvalue weighted by molar-refractivity contribution is 0.101. The smallest absolute Gasteiger partial charge is 0.159 e. The van der Waals surface area contributed by atoms with E-state index in [1.54, 1.807) is 31.5 Å². The van der Waals surface area contributed by atoms with Crippen molar-refractivity contribution in [3.8, 4) is 5.69 Å². The first-order chi connectivity index (χ1) is 6.77. The Balaban J connectivity index is 2.36. The number of hydrogen-bond acceptors (Lipinski definition) is 3. The number of nitrogens with zero attached hydrogens (tertiary/aromatic N) is 3. The molecule has 0 aliphatic heterocycles. The first kappa shape index (κ1) is 8.62. The Morgan fingerprint density at radius 3 is 2.21 bits per heavy atom. The van der Waals surface area contributed by atoms with Crippen LogP contribution < -0.4 is 0 Å². The van der Waals surface area contributed by atoms with Crippen molar-refractivity contribution in [3.05, 3.63) is 42.2 Å². The number of Topliss-reactive ketones (excluding diaryl/α,β-unsaturated/α-hetero) is 1.